The number of amides is 1. The molecule has 0 saturated heterocycles. The highest BCUT2D eigenvalue weighted by molar-refractivity contribution is 5.73. The molecule has 0 spiro atoms. The SMILES string of the molecule is CC(=O)NC1CCC(NC2CCc3nc(C(C)C)nn3C2)CC1. The van der Waals surface area contributed by atoms with Gasteiger partial charge >= 0.3 is 0 Å². The van der Waals surface area contributed by atoms with Crippen LogP contribution in [0.1, 0.15) is 70.4 Å². The second-order valence-corrected chi connectivity index (χ2v) is 7.37. The number of carbonyl (C=O) groups excluding carboxylic acids is 1. The van der Waals surface area contributed by atoms with E-state index in [9.17, 15) is 4.79 Å². The zero-order valence-electron chi connectivity index (χ0n) is 14.5. The topological polar surface area (TPSA) is 71.8 Å². The highest BCUT2D eigenvalue weighted by atomic mass is 16.1. The second kappa shape index (κ2) is 6.99. The average molecular weight is 319 g/mol. The van der Waals surface area contributed by atoms with Crippen molar-refractivity contribution in [3.8, 4) is 0 Å². The molecule has 1 aliphatic heterocycles. The molecule has 23 heavy (non-hydrogen) atoms. The van der Waals surface area contributed by atoms with Crippen LogP contribution >= 0.6 is 0 Å². The summed E-state index contributed by atoms with van der Waals surface area (Å²) in [6.07, 6.45) is 6.60. The van der Waals surface area contributed by atoms with Crippen LogP contribution in [0.4, 0.5) is 0 Å². The summed E-state index contributed by atoms with van der Waals surface area (Å²) in [6.45, 7) is 6.82. The van der Waals surface area contributed by atoms with Crippen molar-refractivity contribution in [3.63, 3.8) is 0 Å². The number of rotatable bonds is 4. The number of aromatic nitrogens is 3. The van der Waals surface area contributed by atoms with E-state index in [-0.39, 0.29) is 5.91 Å². The van der Waals surface area contributed by atoms with E-state index in [1.807, 2.05) is 0 Å². The molecular weight excluding hydrogens is 290 g/mol. The molecule has 1 aliphatic carbocycles. The normalized spacial score (nSPS) is 27.7. The van der Waals surface area contributed by atoms with Gasteiger partial charge in [0.1, 0.15) is 5.82 Å². The van der Waals surface area contributed by atoms with Crippen LogP contribution < -0.4 is 10.6 Å². The molecule has 3 rings (SSSR count). The van der Waals surface area contributed by atoms with Crippen LogP contribution in [0.3, 0.4) is 0 Å². The minimum absolute atomic E-state index is 0.0911. The number of nitrogens with zero attached hydrogens (tertiary/aromatic N) is 3. The Kier molecular flexibility index (Phi) is 4.99. The van der Waals surface area contributed by atoms with Crippen molar-refractivity contribution < 1.29 is 4.79 Å². The highest BCUT2D eigenvalue weighted by Gasteiger charge is 2.27. The smallest absolute Gasteiger partial charge is 0.217 e. The van der Waals surface area contributed by atoms with E-state index in [1.165, 1.54) is 0 Å². The Hall–Kier alpha value is -1.43. The predicted molar refractivity (Wildman–Crippen MR) is 89.2 cm³/mol. The Morgan fingerprint density at radius 1 is 1.13 bits per heavy atom. The molecule has 2 aliphatic rings. The van der Waals surface area contributed by atoms with Gasteiger partial charge in [-0.05, 0) is 32.1 Å². The van der Waals surface area contributed by atoms with Crippen molar-refractivity contribution in [1.29, 1.82) is 0 Å². The van der Waals surface area contributed by atoms with Crippen LogP contribution in [0.5, 0.6) is 0 Å². The third-order valence-electron chi connectivity index (χ3n) is 5.00. The second-order valence-electron chi connectivity index (χ2n) is 7.37. The van der Waals surface area contributed by atoms with Gasteiger partial charge in [0, 0.05) is 37.4 Å². The van der Waals surface area contributed by atoms with Crippen LogP contribution in [0.25, 0.3) is 0 Å². The van der Waals surface area contributed by atoms with Gasteiger partial charge in [0.2, 0.25) is 5.91 Å². The first kappa shape index (κ1) is 16.4. The van der Waals surface area contributed by atoms with Crippen LogP contribution in [0, 0.1) is 0 Å². The third kappa shape index (κ3) is 4.10. The van der Waals surface area contributed by atoms with Gasteiger partial charge in [-0.15, -0.1) is 0 Å². The molecule has 128 valence electrons. The molecule has 0 bridgehead atoms. The Morgan fingerprint density at radius 3 is 2.48 bits per heavy atom. The molecule has 0 aromatic carbocycles. The standard InChI is InChI=1S/C17H29N5O/c1-11(2)17-20-16-9-8-15(10-22(16)21-17)19-14-6-4-13(5-7-14)18-12(3)23/h11,13-15,19H,4-10H2,1-3H3,(H,18,23). The summed E-state index contributed by atoms with van der Waals surface area (Å²) in [5.41, 5.74) is 0. The first-order chi connectivity index (χ1) is 11.0. The maximum Gasteiger partial charge on any atom is 0.217 e. The lowest BCUT2D eigenvalue weighted by molar-refractivity contribution is -0.119. The largest absolute Gasteiger partial charge is 0.354 e. The molecule has 1 amide bonds. The van der Waals surface area contributed by atoms with Gasteiger partial charge in [0.15, 0.2) is 5.82 Å². The summed E-state index contributed by atoms with van der Waals surface area (Å²) in [5.74, 6) is 2.59. The molecule has 6 nitrogen and oxygen atoms in total. The summed E-state index contributed by atoms with van der Waals surface area (Å²) >= 11 is 0. The Labute approximate surface area is 138 Å². The van der Waals surface area contributed by atoms with Crippen molar-refractivity contribution in [2.24, 2.45) is 0 Å². The highest BCUT2D eigenvalue weighted by Crippen LogP contribution is 2.22. The zero-order chi connectivity index (χ0) is 16.4. The Bertz CT molecular complexity index is 545. The number of fused-ring (bicyclic) bond motifs is 1. The molecule has 0 radical (unpaired) electrons. The predicted octanol–water partition coefficient (Wildman–Crippen LogP) is 1.75. The molecule has 6 heteroatoms. The zero-order valence-corrected chi connectivity index (χ0v) is 14.5. The van der Waals surface area contributed by atoms with Crippen molar-refractivity contribution >= 4 is 5.91 Å². The number of carbonyl (C=O) groups is 1. The van der Waals surface area contributed by atoms with E-state index in [0.717, 1.165) is 56.7 Å². The Morgan fingerprint density at radius 2 is 1.83 bits per heavy atom. The summed E-state index contributed by atoms with van der Waals surface area (Å²) < 4.78 is 2.10. The summed E-state index contributed by atoms with van der Waals surface area (Å²) in [4.78, 5) is 15.8. The minimum Gasteiger partial charge on any atom is -0.354 e. The van der Waals surface area contributed by atoms with Gasteiger partial charge in [-0.25, -0.2) is 9.67 Å². The maximum absolute atomic E-state index is 11.1. The molecule has 1 aromatic rings. The van der Waals surface area contributed by atoms with E-state index in [1.54, 1.807) is 6.92 Å². The van der Waals surface area contributed by atoms with Gasteiger partial charge < -0.3 is 10.6 Å². The lowest BCUT2D eigenvalue weighted by Crippen LogP contribution is -2.47. The van der Waals surface area contributed by atoms with Gasteiger partial charge in [-0.2, -0.15) is 5.10 Å². The van der Waals surface area contributed by atoms with Gasteiger partial charge in [0.25, 0.3) is 0 Å². The van der Waals surface area contributed by atoms with Crippen LogP contribution in [0.2, 0.25) is 0 Å². The summed E-state index contributed by atoms with van der Waals surface area (Å²) in [5, 5.41) is 11.5. The molecule has 1 aromatic heterocycles. The van der Waals surface area contributed by atoms with Gasteiger partial charge in [-0.1, -0.05) is 13.8 Å². The summed E-state index contributed by atoms with van der Waals surface area (Å²) in [6, 6.07) is 1.43. The monoisotopic (exact) mass is 319 g/mol. The number of aryl methyl sites for hydroxylation is 1. The molecule has 2 heterocycles. The van der Waals surface area contributed by atoms with E-state index in [4.69, 9.17) is 0 Å². The van der Waals surface area contributed by atoms with Crippen molar-refractivity contribution in [2.45, 2.75) is 89.9 Å². The fourth-order valence-electron chi connectivity index (χ4n) is 3.73. The lowest BCUT2D eigenvalue weighted by Gasteiger charge is -2.33. The first-order valence-corrected chi connectivity index (χ1v) is 8.98. The molecule has 1 unspecified atom stereocenters. The van der Waals surface area contributed by atoms with Crippen molar-refractivity contribution in [1.82, 2.24) is 25.4 Å². The van der Waals surface area contributed by atoms with Gasteiger partial charge in [-0.3, -0.25) is 4.79 Å². The molecule has 1 atom stereocenters. The van der Waals surface area contributed by atoms with Gasteiger partial charge in [0.05, 0.1) is 6.54 Å². The third-order valence-corrected chi connectivity index (χ3v) is 5.00. The number of hydrogen-bond acceptors (Lipinski definition) is 4. The van der Waals surface area contributed by atoms with Crippen LogP contribution in [-0.2, 0) is 17.8 Å². The van der Waals surface area contributed by atoms with Crippen LogP contribution in [0.15, 0.2) is 0 Å². The molecule has 2 N–H and O–H groups in total. The quantitative estimate of drug-likeness (QED) is 0.887. The Balaban J connectivity index is 1.49. The first-order valence-electron chi connectivity index (χ1n) is 8.98. The van der Waals surface area contributed by atoms with E-state index < -0.39 is 0 Å². The van der Waals surface area contributed by atoms with E-state index >= 15 is 0 Å². The lowest BCUT2D eigenvalue weighted by atomic mass is 9.90. The molecular formula is C17H29N5O. The number of nitrogens with one attached hydrogen (secondary N) is 2. The maximum atomic E-state index is 11.1. The van der Waals surface area contributed by atoms with Crippen molar-refractivity contribution in [3.05, 3.63) is 11.6 Å². The fourth-order valence-corrected chi connectivity index (χ4v) is 3.73. The number of hydrogen-bond donors (Lipinski definition) is 2. The molecule has 1 saturated carbocycles. The van der Waals surface area contributed by atoms with E-state index in [2.05, 4.69) is 39.2 Å². The summed E-state index contributed by atoms with van der Waals surface area (Å²) in [7, 11) is 0. The van der Waals surface area contributed by atoms with Crippen LogP contribution in [-0.4, -0.2) is 38.8 Å². The van der Waals surface area contributed by atoms with Crippen molar-refractivity contribution in [2.75, 3.05) is 0 Å². The molecule has 1 fully saturated rings. The fraction of sp³-hybridized carbons (Fsp3) is 0.824. The average Bonchev–Trinajstić information content (AvgIpc) is 2.92. The van der Waals surface area contributed by atoms with E-state index in [0.29, 0.717) is 24.0 Å². The minimum atomic E-state index is 0.0911.